The Bertz CT molecular complexity index is 721. The summed E-state index contributed by atoms with van der Waals surface area (Å²) < 4.78 is 5.57. The van der Waals surface area contributed by atoms with Crippen molar-refractivity contribution in [2.45, 2.75) is 6.54 Å². The lowest BCUT2D eigenvalue weighted by molar-refractivity contribution is 0.0924. The number of furan rings is 1. The van der Waals surface area contributed by atoms with Crippen LogP contribution in [0.25, 0.3) is 11.3 Å². The highest BCUT2D eigenvalue weighted by atomic mass is 16.3. The molecule has 2 heterocycles. The molecule has 0 saturated heterocycles. The molecule has 0 bridgehead atoms. The number of carbonyl (C=O) groups is 1. The number of carbonyl (C=O) groups excluding carboxylic acids is 1. The van der Waals surface area contributed by atoms with E-state index in [0.717, 1.165) is 11.1 Å². The number of rotatable bonds is 4. The van der Waals surface area contributed by atoms with Crippen LogP contribution in [0.3, 0.4) is 0 Å². The van der Waals surface area contributed by atoms with Gasteiger partial charge in [-0.2, -0.15) is 0 Å². The molecule has 4 heteroatoms. The van der Waals surface area contributed by atoms with Crippen molar-refractivity contribution >= 4 is 5.91 Å². The molecule has 104 valence electrons. The molecule has 1 amide bonds. The van der Waals surface area contributed by atoms with Gasteiger partial charge in [0.2, 0.25) is 0 Å². The van der Waals surface area contributed by atoms with Crippen LogP contribution in [0, 0.1) is 0 Å². The third-order valence-corrected chi connectivity index (χ3v) is 3.07. The Labute approximate surface area is 122 Å². The quantitative estimate of drug-likeness (QED) is 0.797. The average Bonchev–Trinajstić information content (AvgIpc) is 3.04. The SMILES string of the molecule is O=C(NCc1ccccc1)c1ccc(-c2cccnc2)o1. The van der Waals surface area contributed by atoms with Gasteiger partial charge in [-0.15, -0.1) is 0 Å². The maximum absolute atomic E-state index is 12.0. The average molecular weight is 278 g/mol. The number of amides is 1. The van der Waals surface area contributed by atoms with E-state index >= 15 is 0 Å². The smallest absolute Gasteiger partial charge is 0.287 e. The van der Waals surface area contributed by atoms with Crippen molar-refractivity contribution in [3.8, 4) is 11.3 Å². The van der Waals surface area contributed by atoms with Crippen LogP contribution < -0.4 is 5.32 Å². The summed E-state index contributed by atoms with van der Waals surface area (Å²) in [7, 11) is 0. The molecular weight excluding hydrogens is 264 g/mol. The second-order valence-corrected chi connectivity index (χ2v) is 4.57. The number of hydrogen-bond acceptors (Lipinski definition) is 3. The molecule has 0 aliphatic rings. The molecule has 2 aromatic heterocycles. The van der Waals surface area contributed by atoms with E-state index < -0.39 is 0 Å². The Morgan fingerprint density at radius 3 is 2.67 bits per heavy atom. The van der Waals surface area contributed by atoms with Gasteiger partial charge in [0.25, 0.3) is 5.91 Å². The Balaban J connectivity index is 1.67. The predicted molar refractivity (Wildman–Crippen MR) is 79.6 cm³/mol. The van der Waals surface area contributed by atoms with Crippen LogP contribution in [0.4, 0.5) is 0 Å². The summed E-state index contributed by atoms with van der Waals surface area (Å²) in [6.45, 7) is 0.475. The van der Waals surface area contributed by atoms with Gasteiger partial charge in [-0.05, 0) is 29.8 Å². The number of nitrogens with one attached hydrogen (secondary N) is 1. The fraction of sp³-hybridized carbons (Fsp3) is 0.0588. The third kappa shape index (κ3) is 3.17. The van der Waals surface area contributed by atoms with Crippen molar-refractivity contribution in [2.24, 2.45) is 0 Å². The lowest BCUT2D eigenvalue weighted by Gasteiger charge is -2.03. The van der Waals surface area contributed by atoms with Crippen LogP contribution in [0.15, 0.2) is 71.4 Å². The monoisotopic (exact) mass is 278 g/mol. The highest BCUT2D eigenvalue weighted by Crippen LogP contribution is 2.20. The van der Waals surface area contributed by atoms with E-state index in [2.05, 4.69) is 10.3 Å². The zero-order valence-electron chi connectivity index (χ0n) is 11.3. The Morgan fingerprint density at radius 1 is 1.05 bits per heavy atom. The molecule has 4 nitrogen and oxygen atoms in total. The summed E-state index contributed by atoms with van der Waals surface area (Å²) in [5.41, 5.74) is 1.89. The lowest BCUT2D eigenvalue weighted by atomic mass is 10.2. The molecule has 0 fully saturated rings. The topological polar surface area (TPSA) is 55.1 Å². The molecule has 0 atom stereocenters. The van der Waals surface area contributed by atoms with Gasteiger partial charge >= 0.3 is 0 Å². The maximum atomic E-state index is 12.0. The zero-order valence-corrected chi connectivity index (χ0v) is 11.3. The molecule has 1 N–H and O–H groups in total. The second-order valence-electron chi connectivity index (χ2n) is 4.57. The summed E-state index contributed by atoms with van der Waals surface area (Å²) in [5, 5.41) is 2.83. The molecule has 1 aromatic carbocycles. The first-order chi connectivity index (χ1) is 10.3. The summed E-state index contributed by atoms with van der Waals surface area (Å²) in [6, 6.07) is 16.9. The van der Waals surface area contributed by atoms with Gasteiger partial charge in [-0.25, -0.2) is 0 Å². The first-order valence-electron chi connectivity index (χ1n) is 6.65. The molecule has 0 spiro atoms. The van der Waals surface area contributed by atoms with Crippen LogP contribution in [0.5, 0.6) is 0 Å². The van der Waals surface area contributed by atoms with Gasteiger partial charge in [0.15, 0.2) is 5.76 Å². The van der Waals surface area contributed by atoms with Crippen molar-refractivity contribution in [3.63, 3.8) is 0 Å². The zero-order chi connectivity index (χ0) is 14.5. The van der Waals surface area contributed by atoms with Gasteiger partial charge in [0.1, 0.15) is 5.76 Å². The largest absolute Gasteiger partial charge is 0.451 e. The van der Waals surface area contributed by atoms with Crippen LogP contribution in [0.2, 0.25) is 0 Å². The Hall–Kier alpha value is -2.88. The molecular formula is C17H14N2O2. The van der Waals surface area contributed by atoms with Gasteiger partial charge in [-0.1, -0.05) is 30.3 Å². The first kappa shape index (κ1) is 13.1. The van der Waals surface area contributed by atoms with E-state index in [9.17, 15) is 4.79 Å². The molecule has 0 unspecified atom stereocenters. The Morgan fingerprint density at radius 2 is 1.90 bits per heavy atom. The van der Waals surface area contributed by atoms with Gasteiger partial charge in [0.05, 0.1) is 0 Å². The standard InChI is InChI=1S/C17H14N2O2/c20-17(19-11-13-5-2-1-3-6-13)16-9-8-15(21-16)14-7-4-10-18-12-14/h1-10,12H,11H2,(H,19,20). The highest BCUT2D eigenvalue weighted by Gasteiger charge is 2.11. The molecule has 0 aliphatic heterocycles. The minimum atomic E-state index is -0.228. The van der Waals surface area contributed by atoms with Gasteiger partial charge < -0.3 is 9.73 Å². The van der Waals surface area contributed by atoms with E-state index in [1.807, 2.05) is 42.5 Å². The van der Waals surface area contributed by atoms with E-state index in [0.29, 0.717) is 18.1 Å². The molecule has 0 radical (unpaired) electrons. The molecule has 0 saturated carbocycles. The van der Waals surface area contributed by atoms with Gasteiger partial charge in [0, 0.05) is 24.5 Å². The van der Waals surface area contributed by atoms with E-state index in [4.69, 9.17) is 4.42 Å². The molecule has 0 aliphatic carbocycles. The van der Waals surface area contributed by atoms with Crippen molar-refractivity contribution in [3.05, 3.63) is 78.3 Å². The lowest BCUT2D eigenvalue weighted by Crippen LogP contribution is -2.22. The predicted octanol–water partition coefficient (Wildman–Crippen LogP) is 3.27. The molecule has 3 rings (SSSR count). The minimum Gasteiger partial charge on any atom is -0.451 e. The number of benzene rings is 1. The minimum absolute atomic E-state index is 0.228. The number of aromatic nitrogens is 1. The fourth-order valence-electron chi connectivity index (χ4n) is 1.99. The van der Waals surface area contributed by atoms with Crippen LogP contribution in [0.1, 0.15) is 16.1 Å². The first-order valence-corrected chi connectivity index (χ1v) is 6.65. The normalized spacial score (nSPS) is 10.3. The molecule has 21 heavy (non-hydrogen) atoms. The fourth-order valence-corrected chi connectivity index (χ4v) is 1.99. The Kier molecular flexibility index (Phi) is 3.78. The summed E-state index contributed by atoms with van der Waals surface area (Å²) in [5.74, 6) is 0.701. The maximum Gasteiger partial charge on any atom is 0.287 e. The van der Waals surface area contributed by atoms with E-state index in [1.165, 1.54) is 0 Å². The van der Waals surface area contributed by atoms with Gasteiger partial charge in [-0.3, -0.25) is 9.78 Å². The van der Waals surface area contributed by atoms with Crippen LogP contribution >= 0.6 is 0 Å². The van der Waals surface area contributed by atoms with E-state index in [-0.39, 0.29) is 5.91 Å². The van der Waals surface area contributed by atoms with Crippen molar-refractivity contribution in [1.82, 2.24) is 10.3 Å². The third-order valence-electron chi connectivity index (χ3n) is 3.07. The van der Waals surface area contributed by atoms with Crippen LogP contribution in [-0.2, 0) is 6.54 Å². The van der Waals surface area contributed by atoms with Crippen molar-refractivity contribution < 1.29 is 9.21 Å². The number of pyridine rings is 1. The summed E-state index contributed by atoms with van der Waals surface area (Å²) >= 11 is 0. The number of nitrogens with zero attached hydrogens (tertiary/aromatic N) is 1. The summed E-state index contributed by atoms with van der Waals surface area (Å²) in [6.07, 6.45) is 3.39. The summed E-state index contributed by atoms with van der Waals surface area (Å²) in [4.78, 5) is 16.1. The highest BCUT2D eigenvalue weighted by molar-refractivity contribution is 5.92. The van der Waals surface area contributed by atoms with Crippen molar-refractivity contribution in [1.29, 1.82) is 0 Å². The molecule has 3 aromatic rings. The van der Waals surface area contributed by atoms with Crippen molar-refractivity contribution in [2.75, 3.05) is 0 Å². The van der Waals surface area contributed by atoms with Crippen LogP contribution in [-0.4, -0.2) is 10.9 Å². The van der Waals surface area contributed by atoms with E-state index in [1.54, 1.807) is 24.5 Å². The number of hydrogen-bond donors (Lipinski definition) is 1. The second kappa shape index (κ2) is 6.05.